The van der Waals surface area contributed by atoms with Gasteiger partial charge in [-0.25, -0.2) is 18.1 Å². The number of nitrogens with zero attached hydrogens (tertiary/aromatic N) is 3. The van der Waals surface area contributed by atoms with Gasteiger partial charge in [0.2, 0.25) is 10.0 Å². The number of hydrogen-bond donors (Lipinski definition) is 2. The number of halogens is 1. The van der Waals surface area contributed by atoms with Crippen LogP contribution in [0.3, 0.4) is 0 Å². The molecule has 3 N–H and O–H groups in total. The van der Waals surface area contributed by atoms with Crippen molar-refractivity contribution in [1.29, 1.82) is 0 Å². The van der Waals surface area contributed by atoms with Crippen LogP contribution >= 0.6 is 11.6 Å². The third-order valence-corrected chi connectivity index (χ3v) is 4.04. The minimum atomic E-state index is -3.72. The third-order valence-electron chi connectivity index (χ3n) is 2.33. The Hall–Kier alpha value is -1.64. The lowest BCUT2D eigenvalue weighted by Gasteiger charge is -2.08. The van der Waals surface area contributed by atoms with E-state index in [0.717, 1.165) is 0 Å². The van der Waals surface area contributed by atoms with E-state index in [9.17, 15) is 8.42 Å². The third kappa shape index (κ3) is 3.22. The van der Waals surface area contributed by atoms with Crippen LogP contribution in [0.15, 0.2) is 29.4 Å². The summed E-state index contributed by atoms with van der Waals surface area (Å²) in [7, 11) is -2.02. The normalized spacial score (nSPS) is 11.7. The van der Waals surface area contributed by atoms with Gasteiger partial charge in [-0.2, -0.15) is 5.10 Å². The fraction of sp³-hybridized carbons (Fsp3) is 0.200. The van der Waals surface area contributed by atoms with Crippen LogP contribution in [0, 0.1) is 0 Å². The van der Waals surface area contributed by atoms with E-state index in [1.54, 1.807) is 7.05 Å². The summed E-state index contributed by atoms with van der Waals surface area (Å²) in [6, 6.07) is 4.20. The summed E-state index contributed by atoms with van der Waals surface area (Å²) < 4.78 is 28.0. The highest BCUT2D eigenvalue weighted by Gasteiger charge is 2.18. The predicted octanol–water partition coefficient (Wildman–Crippen LogP) is 0.529. The zero-order valence-electron chi connectivity index (χ0n) is 10.0. The molecule has 0 saturated heterocycles. The molecular formula is C10H12ClN5O2S. The zero-order valence-corrected chi connectivity index (χ0v) is 11.6. The lowest BCUT2D eigenvalue weighted by atomic mass is 10.3. The number of nitrogens with one attached hydrogen (secondary N) is 1. The molecule has 19 heavy (non-hydrogen) atoms. The molecule has 0 spiro atoms. The fourth-order valence-electron chi connectivity index (χ4n) is 1.47. The number of rotatable bonds is 4. The maximum atomic E-state index is 12.0. The molecule has 1 aromatic heterocycles. The largest absolute Gasteiger partial charge is 0.398 e. The molecule has 0 amide bonds. The second-order valence-corrected chi connectivity index (χ2v) is 6.01. The van der Waals surface area contributed by atoms with E-state index < -0.39 is 10.0 Å². The number of benzene rings is 1. The van der Waals surface area contributed by atoms with Gasteiger partial charge in [-0.15, -0.1) is 0 Å². The van der Waals surface area contributed by atoms with Gasteiger partial charge < -0.3 is 5.73 Å². The van der Waals surface area contributed by atoms with E-state index in [4.69, 9.17) is 17.3 Å². The number of aromatic nitrogens is 3. The summed E-state index contributed by atoms with van der Waals surface area (Å²) in [6.45, 7) is -0.00869. The number of hydrogen-bond acceptors (Lipinski definition) is 5. The van der Waals surface area contributed by atoms with Gasteiger partial charge in [0.15, 0.2) is 5.82 Å². The van der Waals surface area contributed by atoms with Gasteiger partial charge in [0.05, 0.1) is 12.2 Å². The van der Waals surface area contributed by atoms with Crippen molar-refractivity contribution in [2.45, 2.75) is 11.4 Å². The van der Waals surface area contributed by atoms with Crippen LogP contribution in [-0.4, -0.2) is 23.2 Å². The number of anilines is 1. The van der Waals surface area contributed by atoms with Gasteiger partial charge in [-0.05, 0) is 18.2 Å². The molecule has 0 atom stereocenters. The van der Waals surface area contributed by atoms with Gasteiger partial charge >= 0.3 is 0 Å². The maximum absolute atomic E-state index is 12.0. The highest BCUT2D eigenvalue weighted by molar-refractivity contribution is 7.89. The second kappa shape index (κ2) is 5.16. The molecule has 0 aliphatic rings. The van der Waals surface area contributed by atoms with Gasteiger partial charge in [-0.3, -0.25) is 4.68 Å². The van der Waals surface area contributed by atoms with Crippen molar-refractivity contribution in [2.24, 2.45) is 7.05 Å². The monoisotopic (exact) mass is 301 g/mol. The Bertz CT molecular complexity index is 698. The Morgan fingerprint density at radius 2 is 2.21 bits per heavy atom. The van der Waals surface area contributed by atoms with E-state index in [1.807, 2.05) is 0 Å². The van der Waals surface area contributed by atoms with Crippen molar-refractivity contribution in [1.82, 2.24) is 19.5 Å². The highest BCUT2D eigenvalue weighted by Crippen LogP contribution is 2.22. The molecule has 0 fully saturated rings. The van der Waals surface area contributed by atoms with Crippen molar-refractivity contribution in [3.63, 3.8) is 0 Å². The number of aryl methyl sites for hydroxylation is 1. The number of nitrogens with two attached hydrogens (primary N) is 1. The van der Waals surface area contributed by atoms with Crippen molar-refractivity contribution < 1.29 is 8.42 Å². The minimum absolute atomic E-state index is 0.00869. The first-order valence-corrected chi connectivity index (χ1v) is 7.14. The van der Waals surface area contributed by atoms with Crippen LogP contribution in [0.25, 0.3) is 0 Å². The molecule has 2 aromatic rings. The zero-order chi connectivity index (χ0) is 14.0. The average Bonchev–Trinajstić information content (AvgIpc) is 2.72. The van der Waals surface area contributed by atoms with Crippen LogP contribution in [0.2, 0.25) is 5.02 Å². The van der Waals surface area contributed by atoms with E-state index in [-0.39, 0.29) is 17.1 Å². The standard InChI is InChI=1S/C10H12ClN5O2S/c1-16-6-13-10(15-16)5-14-19(17,18)9-3-2-7(11)4-8(9)12/h2-4,6,14H,5,12H2,1H3. The van der Waals surface area contributed by atoms with Crippen LogP contribution in [0.4, 0.5) is 5.69 Å². The minimum Gasteiger partial charge on any atom is -0.398 e. The summed E-state index contributed by atoms with van der Waals surface area (Å²) in [5.74, 6) is 0.374. The van der Waals surface area contributed by atoms with Gasteiger partial charge in [0, 0.05) is 12.1 Å². The first kappa shape index (κ1) is 13.8. The molecule has 7 nitrogen and oxygen atoms in total. The van der Waals surface area contributed by atoms with Crippen molar-refractivity contribution in [3.8, 4) is 0 Å². The number of sulfonamides is 1. The van der Waals surface area contributed by atoms with E-state index in [0.29, 0.717) is 10.8 Å². The van der Waals surface area contributed by atoms with Gasteiger partial charge in [0.25, 0.3) is 0 Å². The van der Waals surface area contributed by atoms with Crippen LogP contribution in [-0.2, 0) is 23.6 Å². The first-order chi connectivity index (χ1) is 8.88. The molecule has 1 aromatic carbocycles. The lowest BCUT2D eigenvalue weighted by Crippen LogP contribution is -2.24. The topological polar surface area (TPSA) is 103 Å². The Labute approximate surface area is 115 Å². The summed E-state index contributed by atoms with van der Waals surface area (Å²) in [6.07, 6.45) is 1.49. The first-order valence-electron chi connectivity index (χ1n) is 5.28. The second-order valence-electron chi connectivity index (χ2n) is 3.84. The molecule has 0 bridgehead atoms. The molecule has 0 unspecified atom stereocenters. The van der Waals surface area contributed by atoms with Gasteiger partial charge in [-0.1, -0.05) is 11.6 Å². The molecule has 0 saturated carbocycles. The Morgan fingerprint density at radius 3 is 2.79 bits per heavy atom. The lowest BCUT2D eigenvalue weighted by molar-refractivity contribution is 0.579. The predicted molar refractivity (Wildman–Crippen MR) is 70.9 cm³/mol. The molecule has 2 rings (SSSR count). The van der Waals surface area contributed by atoms with E-state index >= 15 is 0 Å². The number of nitrogen functional groups attached to an aromatic ring is 1. The fourth-order valence-corrected chi connectivity index (χ4v) is 2.74. The SMILES string of the molecule is Cn1cnc(CNS(=O)(=O)c2ccc(Cl)cc2N)n1. The molecule has 102 valence electrons. The Morgan fingerprint density at radius 1 is 1.47 bits per heavy atom. The highest BCUT2D eigenvalue weighted by atomic mass is 35.5. The molecule has 1 heterocycles. The molecule has 9 heteroatoms. The smallest absolute Gasteiger partial charge is 0.243 e. The van der Waals surface area contributed by atoms with Crippen LogP contribution < -0.4 is 10.5 Å². The summed E-state index contributed by atoms with van der Waals surface area (Å²) in [5.41, 5.74) is 5.73. The van der Waals surface area contributed by atoms with E-state index in [1.165, 1.54) is 29.2 Å². The van der Waals surface area contributed by atoms with Crippen molar-refractivity contribution >= 4 is 27.3 Å². The Kier molecular flexibility index (Phi) is 3.74. The van der Waals surface area contributed by atoms with Crippen LogP contribution in [0.5, 0.6) is 0 Å². The molecule has 0 radical (unpaired) electrons. The van der Waals surface area contributed by atoms with Crippen molar-refractivity contribution in [3.05, 3.63) is 35.4 Å². The quantitative estimate of drug-likeness (QED) is 0.802. The summed E-state index contributed by atoms with van der Waals surface area (Å²) in [4.78, 5) is 3.90. The van der Waals surface area contributed by atoms with Gasteiger partial charge in [0.1, 0.15) is 11.2 Å². The average molecular weight is 302 g/mol. The van der Waals surface area contributed by atoms with Crippen molar-refractivity contribution in [2.75, 3.05) is 5.73 Å². The van der Waals surface area contributed by atoms with E-state index in [2.05, 4.69) is 14.8 Å². The van der Waals surface area contributed by atoms with Crippen LogP contribution in [0.1, 0.15) is 5.82 Å². The molecule has 0 aliphatic heterocycles. The molecule has 0 aliphatic carbocycles. The maximum Gasteiger partial charge on any atom is 0.243 e. The summed E-state index contributed by atoms with van der Waals surface area (Å²) >= 11 is 5.72. The Balaban J connectivity index is 2.18. The summed E-state index contributed by atoms with van der Waals surface area (Å²) in [5, 5.41) is 4.35. The molecular weight excluding hydrogens is 290 g/mol.